The number of amides is 1. The monoisotopic (exact) mass is 381 g/mol. The number of nitrogens with one attached hydrogen (secondary N) is 1. The third-order valence-corrected chi connectivity index (χ3v) is 4.98. The summed E-state index contributed by atoms with van der Waals surface area (Å²) in [6, 6.07) is 13.5. The van der Waals surface area contributed by atoms with Gasteiger partial charge in [-0.05, 0) is 43.7 Å². The van der Waals surface area contributed by atoms with E-state index < -0.39 is 0 Å². The number of thiazole rings is 1. The van der Waals surface area contributed by atoms with Crippen molar-refractivity contribution in [3.8, 4) is 11.5 Å². The zero-order valence-electron chi connectivity index (χ0n) is 15.1. The minimum absolute atomic E-state index is 0.113. The molecular weight excluding hydrogens is 362 g/mol. The van der Waals surface area contributed by atoms with Gasteiger partial charge in [0.15, 0.2) is 16.6 Å². The number of hydrogen-bond donors (Lipinski definition) is 1. The molecule has 1 aliphatic rings. The minimum Gasteiger partial charge on any atom is -0.454 e. The highest BCUT2D eigenvalue weighted by molar-refractivity contribution is 7.14. The minimum atomic E-state index is -0.113. The number of benzene rings is 2. The quantitative estimate of drug-likeness (QED) is 0.700. The van der Waals surface area contributed by atoms with Crippen LogP contribution in [0, 0.1) is 6.92 Å². The van der Waals surface area contributed by atoms with Gasteiger partial charge in [0.05, 0.1) is 0 Å². The first-order valence-corrected chi connectivity index (χ1v) is 9.53. The maximum atomic E-state index is 12.9. The van der Waals surface area contributed by atoms with Crippen LogP contribution in [0.5, 0.6) is 11.5 Å². The van der Waals surface area contributed by atoms with E-state index in [4.69, 9.17) is 9.47 Å². The first-order chi connectivity index (χ1) is 13.1. The number of carbonyl (C=O) groups is 1. The molecule has 138 valence electrons. The average molecular weight is 381 g/mol. The van der Waals surface area contributed by atoms with Crippen LogP contribution in [-0.4, -0.2) is 24.2 Å². The van der Waals surface area contributed by atoms with Crippen LogP contribution in [0.3, 0.4) is 0 Å². The van der Waals surface area contributed by atoms with Crippen LogP contribution >= 0.6 is 11.3 Å². The normalized spacial score (nSPS) is 12.1. The van der Waals surface area contributed by atoms with E-state index in [1.54, 1.807) is 10.3 Å². The first kappa shape index (κ1) is 17.4. The molecule has 0 saturated carbocycles. The van der Waals surface area contributed by atoms with Crippen molar-refractivity contribution in [2.24, 2.45) is 0 Å². The van der Waals surface area contributed by atoms with Gasteiger partial charge in [0.25, 0.3) is 5.91 Å². The van der Waals surface area contributed by atoms with Gasteiger partial charge in [-0.3, -0.25) is 4.79 Å². The van der Waals surface area contributed by atoms with Crippen molar-refractivity contribution in [2.75, 3.05) is 23.6 Å². The number of nitrogens with zero attached hydrogens (tertiary/aromatic N) is 2. The molecule has 0 spiro atoms. The maximum absolute atomic E-state index is 12.9. The third-order valence-electron chi connectivity index (χ3n) is 4.22. The lowest BCUT2D eigenvalue weighted by molar-refractivity contribution is 0.0984. The summed E-state index contributed by atoms with van der Waals surface area (Å²) in [6.07, 6.45) is 0. The number of fused-ring (bicyclic) bond motifs is 1. The molecule has 0 unspecified atom stereocenters. The molecule has 1 N–H and O–H groups in total. The number of hydrogen-bond acceptors (Lipinski definition) is 6. The fourth-order valence-electron chi connectivity index (χ4n) is 2.90. The SMILES string of the molecule is CCN(C(=O)c1csc(Nc2ccc3c(c2)OCO3)n1)c1cccc(C)c1. The number of aryl methyl sites for hydroxylation is 1. The predicted molar refractivity (Wildman–Crippen MR) is 106 cm³/mol. The molecule has 0 bridgehead atoms. The van der Waals surface area contributed by atoms with Gasteiger partial charge in [-0.25, -0.2) is 4.98 Å². The van der Waals surface area contributed by atoms with E-state index in [1.165, 1.54) is 11.3 Å². The van der Waals surface area contributed by atoms with E-state index in [-0.39, 0.29) is 12.7 Å². The highest BCUT2D eigenvalue weighted by Gasteiger charge is 2.20. The molecular formula is C20H19N3O3S. The van der Waals surface area contributed by atoms with Crippen LogP contribution in [0.25, 0.3) is 0 Å². The molecule has 0 fully saturated rings. The molecule has 0 saturated heterocycles. The molecule has 3 aromatic rings. The van der Waals surface area contributed by atoms with Crippen molar-refractivity contribution in [3.05, 3.63) is 59.1 Å². The summed E-state index contributed by atoms with van der Waals surface area (Å²) in [6.45, 7) is 4.78. The summed E-state index contributed by atoms with van der Waals surface area (Å²) in [4.78, 5) is 19.1. The Hall–Kier alpha value is -3.06. The number of rotatable bonds is 5. The van der Waals surface area contributed by atoms with E-state index >= 15 is 0 Å². The van der Waals surface area contributed by atoms with Gasteiger partial charge < -0.3 is 19.7 Å². The molecule has 27 heavy (non-hydrogen) atoms. The molecule has 1 aliphatic heterocycles. The second kappa shape index (κ2) is 7.28. The number of anilines is 3. The molecule has 2 aromatic carbocycles. The molecule has 4 rings (SSSR count). The van der Waals surface area contributed by atoms with Gasteiger partial charge in [0.2, 0.25) is 6.79 Å². The summed E-state index contributed by atoms with van der Waals surface area (Å²) in [5.74, 6) is 1.31. The van der Waals surface area contributed by atoms with Crippen LogP contribution in [0.15, 0.2) is 47.8 Å². The van der Waals surface area contributed by atoms with Crippen molar-refractivity contribution in [1.29, 1.82) is 0 Å². The van der Waals surface area contributed by atoms with Crippen LogP contribution in [0.1, 0.15) is 23.0 Å². The van der Waals surface area contributed by atoms with E-state index in [1.807, 2.05) is 56.3 Å². The standard InChI is InChI=1S/C20H19N3O3S/c1-3-23(15-6-4-5-13(2)9-15)19(24)16-11-27-20(22-16)21-14-7-8-17-18(10-14)26-12-25-17/h4-11H,3,12H2,1-2H3,(H,21,22). The van der Waals surface area contributed by atoms with E-state index in [9.17, 15) is 4.79 Å². The lowest BCUT2D eigenvalue weighted by Crippen LogP contribution is -2.30. The largest absolute Gasteiger partial charge is 0.454 e. The van der Waals surface area contributed by atoms with Crippen LogP contribution in [0.4, 0.5) is 16.5 Å². The molecule has 6 nitrogen and oxygen atoms in total. The Labute approximate surface area is 161 Å². The number of ether oxygens (including phenoxy) is 2. The Morgan fingerprint density at radius 1 is 1.22 bits per heavy atom. The Kier molecular flexibility index (Phi) is 4.68. The zero-order valence-corrected chi connectivity index (χ0v) is 15.9. The van der Waals surface area contributed by atoms with Crippen molar-refractivity contribution in [2.45, 2.75) is 13.8 Å². The van der Waals surface area contributed by atoms with Crippen molar-refractivity contribution in [1.82, 2.24) is 4.98 Å². The fourth-order valence-corrected chi connectivity index (χ4v) is 3.61. The molecule has 0 atom stereocenters. The Balaban J connectivity index is 1.52. The van der Waals surface area contributed by atoms with Crippen molar-refractivity contribution >= 4 is 33.8 Å². The molecule has 7 heteroatoms. The number of carbonyl (C=O) groups excluding carboxylic acids is 1. The summed E-state index contributed by atoms with van der Waals surface area (Å²) in [5, 5.41) is 5.64. The highest BCUT2D eigenvalue weighted by atomic mass is 32.1. The molecule has 1 aromatic heterocycles. The summed E-state index contributed by atoms with van der Waals surface area (Å²) >= 11 is 1.39. The van der Waals surface area contributed by atoms with E-state index in [2.05, 4.69) is 10.3 Å². The van der Waals surface area contributed by atoms with Gasteiger partial charge in [-0.2, -0.15) is 0 Å². The Bertz CT molecular complexity index is 986. The van der Waals surface area contributed by atoms with Crippen molar-refractivity contribution < 1.29 is 14.3 Å². The highest BCUT2D eigenvalue weighted by Crippen LogP contribution is 2.35. The first-order valence-electron chi connectivity index (χ1n) is 8.65. The Morgan fingerprint density at radius 3 is 2.89 bits per heavy atom. The van der Waals surface area contributed by atoms with E-state index in [0.29, 0.717) is 23.1 Å². The topological polar surface area (TPSA) is 63.7 Å². The van der Waals surface area contributed by atoms with Gasteiger partial charge in [0, 0.05) is 29.4 Å². The maximum Gasteiger partial charge on any atom is 0.277 e. The smallest absolute Gasteiger partial charge is 0.277 e. The van der Waals surface area contributed by atoms with E-state index in [0.717, 1.165) is 22.7 Å². The average Bonchev–Trinajstić information content (AvgIpc) is 3.31. The van der Waals surface area contributed by atoms with Crippen LogP contribution in [0.2, 0.25) is 0 Å². The summed E-state index contributed by atoms with van der Waals surface area (Å²) in [7, 11) is 0. The second-order valence-corrected chi connectivity index (χ2v) is 6.98. The lowest BCUT2D eigenvalue weighted by Gasteiger charge is -2.20. The van der Waals surface area contributed by atoms with Gasteiger partial charge in [-0.1, -0.05) is 12.1 Å². The predicted octanol–water partition coefficient (Wildman–Crippen LogP) is 4.59. The lowest BCUT2D eigenvalue weighted by atomic mass is 10.2. The van der Waals surface area contributed by atoms with Crippen molar-refractivity contribution in [3.63, 3.8) is 0 Å². The van der Waals surface area contributed by atoms with Crippen LogP contribution < -0.4 is 19.7 Å². The zero-order chi connectivity index (χ0) is 18.8. The second-order valence-electron chi connectivity index (χ2n) is 6.12. The molecule has 0 radical (unpaired) electrons. The molecule has 0 aliphatic carbocycles. The summed E-state index contributed by atoms with van der Waals surface area (Å²) in [5.41, 5.74) is 3.24. The van der Waals surface area contributed by atoms with Gasteiger partial charge in [0.1, 0.15) is 5.69 Å². The fraction of sp³-hybridized carbons (Fsp3) is 0.200. The molecule has 1 amide bonds. The van der Waals surface area contributed by atoms with Gasteiger partial charge in [-0.15, -0.1) is 11.3 Å². The summed E-state index contributed by atoms with van der Waals surface area (Å²) < 4.78 is 10.7. The van der Waals surface area contributed by atoms with Gasteiger partial charge >= 0.3 is 0 Å². The molecule has 2 heterocycles. The Morgan fingerprint density at radius 2 is 2.07 bits per heavy atom. The third kappa shape index (κ3) is 3.59. The number of aromatic nitrogens is 1. The van der Waals surface area contributed by atoms with Crippen LogP contribution in [-0.2, 0) is 0 Å².